The summed E-state index contributed by atoms with van der Waals surface area (Å²) in [4.78, 5) is 18.6. The van der Waals surface area contributed by atoms with Crippen LogP contribution in [-0.2, 0) is 4.79 Å². The van der Waals surface area contributed by atoms with Crippen molar-refractivity contribution in [1.82, 2.24) is 15.2 Å². The lowest BCUT2D eigenvalue weighted by atomic mass is 10.1. The van der Waals surface area contributed by atoms with Gasteiger partial charge < -0.3 is 10.6 Å². The highest BCUT2D eigenvalue weighted by Crippen LogP contribution is 2.22. The quantitative estimate of drug-likeness (QED) is 0.784. The minimum absolute atomic E-state index is 0. The van der Waals surface area contributed by atoms with Gasteiger partial charge in [0.15, 0.2) is 0 Å². The van der Waals surface area contributed by atoms with E-state index in [1.165, 1.54) is 6.07 Å². The molecule has 1 amide bonds. The van der Waals surface area contributed by atoms with E-state index in [0.29, 0.717) is 4.47 Å². The molecule has 0 bridgehead atoms. The molecule has 134 valence electrons. The number of rotatable bonds is 4. The lowest BCUT2D eigenvalue weighted by Gasteiger charge is -2.35. The molecule has 1 fully saturated rings. The Kier molecular flexibility index (Phi) is 7.31. The van der Waals surface area contributed by atoms with E-state index in [1.807, 2.05) is 18.3 Å². The number of carbonyl (C=O) groups is 1. The van der Waals surface area contributed by atoms with Crippen LogP contribution in [0.3, 0.4) is 0 Å². The van der Waals surface area contributed by atoms with Gasteiger partial charge in [0.2, 0.25) is 5.91 Å². The average molecular weight is 430 g/mol. The highest BCUT2D eigenvalue weighted by atomic mass is 79.9. The van der Waals surface area contributed by atoms with Crippen LogP contribution < -0.4 is 10.6 Å². The Morgan fingerprint density at radius 1 is 1.44 bits per heavy atom. The zero-order valence-electron chi connectivity index (χ0n) is 13.4. The Morgan fingerprint density at radius 3 is 3.00 bits per heavy atom. The van der Waals surface area contributed by atoms with E-state index in [4.69, 9.17) is 0 Å². The van der Waals surface area contributed by atoms with Crippen LogP contribution in [0.4, 0.5) is 10.1 Å². The number of carbonyl (C=O) groups excluding carboxylic acids is 1. The van der Waals surface area contributed by atoms with Gasteiger partial charge in [0.05, 0.1) is 12.2 Å². The number of amides is 1. The predicted molar refractivity (Wildman–Crippen MR) is 101 cm³/mol. The average Bonchev–Trinajstić information content (AvgIpc) is 2.59. The molecule has 1 saturated heterocycles. The third kappa shape index (κ3) is 5.22. The standard InChI is InChI=1S/C17H18BrFN4O.ClH/c18-13-3-4-15(14(19)8-13)22-17(24)11-23-7-6-21-10-16(23)12-2-1-5-20-9-12;/h1-5,8-9,16,21H,6-7,10-11H2,(H,22,24);1H. The number of hydrogen-bond acceptors (Lipinski definition) is 4. The first-order valence-corrected chi connectivity index (χ1v) is 8.52. The number of pyridine rings is 1. The molecule has 1 aliphatic heterocycles. The number of nitrogens with one attached hydrogen (secondary N) is 2. The fraction of sp³-hybridized carbons (Fsp3) is 0.294. The molecule has 2 heterocycles. The number of aromatic nitrogens is 1. The van der Waals surface area contributed by atoms with Gasteiger partial charge in [-0.15, -0.1) is 12.4 Å². The Labute approximate surface area is 160 Å². The molecule has 2 aromatic rings. The lowest BCUT2D eigenvalue weighted by molar-refractivity contribution is -0.118. The first-order chi connectivity index (χ1) is 11.6. The molecule has 1 unspecified atom stereocenters. The van der Waals surface area contributed by atoms with Crippen LogP contribution in [-0.4, -0.2) is 42.0 Å². The molecule has 8 heteroatoms. The second-order valence-electron chi connectivity index (χ2n) is 5.65. The van der Waals surface area contributed by atoms with Crippen LogP contribution in [0.25, 0.3) is 0 Å². The maximum absolute atomic E-state index is 13.9. The summed E-state index contributed by atoms with van der Waals surface area (Å²) in [6.45, 7) is 2.52. The molecular formula is C17H19BrClFN4O. The highest BCUT2D eigenvalue weighted by molar-refractivity contribution is 9.10. The second-order valence-corrected chi connectivity index (χ2v) is 6.56. The van der Waals surface area contributed by atoms with E-state index in [1.54, 1.807) is 18.3 Å². The first-order valence-electron chi connectivity index (χ1n) is 7.73. The molecule has 1 atom stereocenters. The monoisotopic (exact) mass is 428 g/mol. The molecule has 0 saturated carbocycles. The van der Waals surface area contributed by atoms with Crippen LogP contribution in [0.15, 0.2) is 47.2 Å². The number of benzene rings is 1. The Bertz CT molecular complexity index is 719. The van der Waals surface area contributed by atoms with Crippen LogP contribution >= 0.6 is 28.3 Å². The predicted octanol–water partition coefficient (Wildman–Crippen LogP) is 2.99. The number of hydrogen-bond donors (Lipinski definition) is 2. The van der Waals surface area contributed by atoms with Crippen LogP contribution in [0, 0.1) is 5.82 Å². The molecule has 0 aliphatic carbocycles. The topological polar surface area (TPSA) is 57.3 Å². The van der Waals surface area contributed by atoms with E-state index >= 15 is 0 Å². The van der Waals surface area contributed by atoms with Crippen molar-refractivity contribution >= 4 is 39.9 Å². The SMILES string of the molecule is Cl.O=C(CN1CCNCC1c1cccnc1)Nc1ccc(Br)cc1F. The summed E-state index contributed by atoms with van der Waals surface area (Å²) in [5.74, 6) is -0.686. The third-order valence-electron chi connectivity index (χ3n) is 3.98. The molecule has 5 nitrogen and oxygen atoms in total. The molecule has 0 spiro atoms. The van der Waals surface area contributed by atoms with Crippen molar-refractivity contribution in [2.75, 3.05) is 31.5 Å². The first kappa shape index (κ1) is 19.8. The van der Waals surface area contributed by atoms with Crippen LogP contribution in [0.2, 0.25) is 0 Å². The molecule has 1 aliphatic rings. The summed E-state index contributed by atoms with van der Waals surface area (Å²) in [7, 11) is 0. The van der Waals surface area contributed by atoms with Crippen LogP contribution in [0.5, 0.6) is 0 Å². The van der Waals surface area contributed by atoms with Gasteiger partial charge in [-0.25, -0.2) is 4.39 Å². The summed E-state index contributed by atoms with van der Waals surface area (Å²) in [5, 5.41) is 5.98. The second kappa shape index (κ2) is 9.24. The van der Waals surface area contributed by atoms with Crippen molar-refractivity contribution < 1.29 is 9.18 Å². The smallest absolute Gasteiger partial charge is 0.238 e. The van der Waals surface area contributed by atoms with Gasteiger partial charge in [0, 0.05) is 42.5 Å². The van der Waals surface area contributed by atoms with Gasteiger partial charge >= 0.3 is 0 Å². The van der Waals surface area contributed by atoms with Gasteiger partial charge in [-0.1, -0.05) is 22.0 Å². The summed E-state index contributed by atoms with van der Waals surface area (Å²) >= 11 is 3.20. The lowest BCUT2D eigenvalue weighted by Crippen LogP contribution is -2.48. The molecule has 3 rings (SSSR count). The number of anilines is 1. The molecule has 0 radical (unpaired) electrons. The maximum Gasteiger partial charge on any atom is 0.238 e. The van der Waals surface area contributed by atoms with Crippen molar-refractivity contribution in [2.45, 2.75) is 6.04 Å². The Balaban J connectivity index is 0.00000225. The Hall–Kier alpha value is -1.54. The number of piperazine rings is 1. The zero-order chi connectivity index (χ0) is 16.9. The fourth-order valence-electron chi connectivity index (χ4n) is 2.80. The van der Waals surface area contributed by atoms with E-state index < -0.39 is 5.82 Å². The Morgan fingerprint density at radius 2 is 2.28 bits per heavy atom. The fourth-order valence-corrected chi connectivity index (χ4v) is 3.14. The van der Waals surface area contributed by atoms with Gasteiger partial charge in [-0.2, -0.15) is 0 Å². The maximum atomic E-state index is 13.9. The van der Waals surface area contributed by atoms with Gasteiger partial charge in [0.1, 0.15) is 5.82 Å². The molecule has 1 aromatic carbocycles. The molecular weight excluding hydrogens is 411 g/mol. The number of halogens is 3. The van der Waals surface area contributed by atoms with Crippen molar-refractivity contribution in [2.24, 2.45) is 0 Å². The number of nitrogens with zero attached hydrogens (tertiary/aromatic N) is 2. The largest absolute Gasteiger partial charge is 0.322 e. The minimum Gasteiger partial charge on any atom is -0.322 e. The summed E-state index contributed by atoms with van der Waals surface area (Å²) in [6, 6.07) is 8.55. The van der Waals surface area contributed by atoms with Gasteiger partial charge in [-0.3, -0.25) is 14.7 Å². The van der Waals surface area contributed by atoms with Crippen molar-refractivity contribution in [1.29, 1.82) is 0 Å². The van der Waals surface area contributed by atoms with Gasteiger partial charge in [-0.05, 0) is 29.8 Å². The molecule has 2 N–H and O–H groups in total. The van der Waals surface area contributed by atoms with E-state index in [2.05, 4.69) is 36.4 Å². The summed E-state index contributed by atoms with van der Waals surface area (Å²) in [5.41, 5.74) is 1.25. The van der Waals surface area contributed by atoms with E-state index in [9.17, 15) is 9.18 Å². The molecule has 25 heavy (non-hydrogen) atoms. The van der Waals surface area contributed by atoms with Crippen molar-refractivity contribution in [3.8, 4) is 0 Å². The van der Waals surface area contributed by atoms with E-state index in [-0.39, 0.29) is 36.6 Å². The normalized spacial score (nSPS) is 17.6. The zero-order valence-corrected chi connectivity index (χ0v) is 15.8. The summed E-state index contributed by atoms with van der Waals surface area (Å²) < 4.78 is 14.5. The van der Waals surface area contributed by atoms with Gasteiger partial charge in [0.25, 0.3) is 0 Å². The molecule has 1 aromatic heterocycles. The van der Waals surface area contributed by atoms with E-state index in [0.717, 1.165) is 25.2 Å². The minimum atomic E-state index is -0.457. The van der Waals surface area contributed by atoms with Crippen LogP contribution in [0.1, 0.15) is 11.6 Å². The third-order valence-corrected chi connectivity index (χ3v) is 4.47. The highest BCUT2D eigenvalue weighted by Gasteiger charge is 2.25. The van der Waals surface area contributed by atoms with Crippen molar-refractivity contribution in [3.63, 3.8) is 0 Å². The van der Waals surface area contributed by atoms with Crippen molar-refractivity contribution in [3.05, 3.63) is 58.6 Å². The summed E-state index contributed by atoms with van der Waals surface area (Å²) in [6.07, 6.45) is 3.55.